The number of amides is 1. The van der Waals surface area contributed by atoms with Gasteiger partial charge in [-0.05, 0) is 38.2 Å². The Labute approximate surface area is 130 Å². The third kappa shape index (κ3) is 4.95. The molecule has 1 amide bonds. The highest BCUT2D eigenvalue weighted by atomic mass is 32.2. The molecule has 0 aliphatic carbocycles. The molecule has 1 heterocycles. The second kappa shape index (κ2) is 7.74. The van der Waals surface area contributed by atoms with E-state index in [4.69, 9.17) is 0 Å². The molecule has 4 heteroatoms. The van der Waals surface area contributed by atoms with Crippen LogP contribution in [0.15, 0.2) is 24.3 Å². The van der Waals surface area contributed by atoms with Gasteiger partial charge in [0.05, 0.1) is 0 Å². The van der Waals surface area contributed by atoms with Crippen molar-refractivity contribution < 1.29 is 9.00 Å². The summed E-state index contributed by atoms with van der Waals surface area (Å²) in [4.78, 5) is 14.1. The molecular formula is C17H25NO2S. The lowest BCUT2D eigenvalue weighted by Crippen LogP contribution is -2.41. The summed E-state index contributed by atoms with van der Waals surface area (Å²) in [5.41, 5.74) is 2.56. The first kappa shape index (κ1) is 16.2. The molecule has 0 aromatic heterocycles. The van der Waals surface area contributed by atoms with Gasteiger partial charge in [0.25, 0.3) is 0 Å². The number of rotatable bonds is 5. The number of aryl methyl sites for hydroxylation is 2. The minimum atomic E-state index is -0.661. The predicted molar refractivity (Wildman–Crippen MR) is 87.8 cm³/mol. The zero-order chi connectivity index (χ0) is 15.2. The van der Waals surface area contributed by atoms with Crippen molar-refractivity contribution in [2.45, 2.75) is 45.1 Å². The molecule has 0 bridgehead atoms. The van der Waals surface area contributed by atoms with E-state index in [2.05, 4.69) is 31.2 Å². The van der Waals surface area contributed by atoms with Crippen LogP contribution in [0, 0.1) is 6.92 Å². The van der Waals surface area contributed by atoms with E-state index in [1.807, 2.05) is 11.9 Å². The molecule has 116 valence electrons. The zero-order valence-electron chi connectivity index (χ0n) is 13.0. The minimum Gasteiger partial charge on any atom is -0.343 e. The molecule has 0 atom stereocenters. The zero-order valence-corrected chi connectivity index (χ0v) is 13.8. The molecule has 2 rings (SSSR count). The van der Waals surface area contributed by atoms with Gasteiger partial charge in [-0.1, -0.05) is 29.8 Å². The smallest absolute Gasteiger partial charge is 0.222 e. The van der Waals surface area contributed by atoms with Gasteiger partial charge in [-0.3, -0.25) is 9.00 Å². The van der Waals surface area contributed by atoms with Crippen molar-refractivity contribution in [3.63, 3.8) is 0 Å². The SMILES string of the molecule is Cc1ccc(CCCC(=O)N(C)C2CCS(=O)CC2)cc1. The van der Waals surface area contributed by atoms with Gasteiger partial charge in [-0.2, -0.15) is 0 Å². The van der Waals surface area contributed by atoms with Crippen molar-refractivity contribution in [1.29, 1.82) is 0 Å². The van der Waals surface area contributed by atoms with Gasteiger partial charge in [-0.15, -0.1) is 0 Å². The average Bonchev–Trinajstić information content (AvgIpc) is 2.49. The van der Waals surface area contributed by atoms with Gasteiger partial charge in [0.2, 0.25) is 5.91 Å². The normalized spacial score (nSPS) is 22.0. The summed E-state index contributed by atoms with van der Waals surface area (Å²) in [5.74, 6) is 1.71. The molecule has 0 spiro atoms. The van der Waals surface area contributed by atoms with Gasteiger partial charge in [0.15, 0.2) is 0 Å². The van der Waals surface area contributed by atoms with E-state index in [0.29, 0.717) is 6.42 Å². The van der Waals surface area contributed by atoms with Gasteiger partial charge >= 0.3 is 0 Å². The van der Waals surface area contributed by atoms with Crippen molar-refractivity contribution >= 4 is 16.7 Å². The number of benzene rings is 1. The Bertz CT molecular complexity index is 488. The molecular weight excluding hydrogens is 282 g/mol. The lowest BCUT2D eigenvalue weighted by molar-refractivity contribution is -0.132. The van der Waals surface area contributed by atoms with Crippen molar-refractivity contribution in [3.05, 3.63) is 35.4 Å². The maximum absolute atomic E-state index is 12.2. The molecule has 1 aromatic carbocycles. The average molecular weight is 307 g/mol. The number of hydrogen-bond acceptors (Lipinski definition) is 2. The van der Waals surface area contributed by atoms with E-state index in [1.54, 1.807) is 0 Å². The van der Waals surface area contributed by atoms with E-state index >= 15 is 0 Å². The van der Waals surface area contributed by atoms with Crippen LogP contribution in [0.4, 0.5) is 0 Å². The molecule has 0 radical (unpaired) electrons. The molecule has 0 unspecified atom stereocenters. The Morgan fingerprint density at radius 1 is 1.24 bits per heavy atom. The summed E-state index contributed by atoms with van der Waals surface area (Å²) in [5, 5.41) is 0. The summed E-state index contributed by atoms with van der Waals surface area (Å²) in [6.45, 7) is 2.08. The first-order chi connectivity index (χ1) is 10.1. The maximum atomic E-state index is 12.2. The topological polar surface area (TPSA) is 37.4 Å². The monoisotopic (exact) mass is 307 g/mol. The summed E-state index contributed by atoms with van der Waals surface area (Å²) in [6.07, 6.45) is 4.21. The predicted octanol–water partition coefficient (Wildman–Crippen LogP) is 2.69. The van der Waals surface area contributed by atoms with Crippen LogP contribution >= 0.6 is 0 Å². The van der Waals surface area contributed by atoms with Gasteiger partial charge < -0.3 is 4.90 Å². The van der Waals surface area contributed by atoms with E-state index in [0.717, 1.165) is 37.2 Å². The minimum absolute atomic E-state index is 0.222. The quantitative estimate of drug-likeness (QED) is 0.839. The number of carbonyl (C=O) groups is 1. The van der Waals surface area contributed by atoms with Crippen molar-refractivity contribution in [2.24, 2.45) is 0 Å². The summed E-state index contributed by atoms with van der Waals surface area (Å²) < 4.78 is 11.4. The van der Waals surface area contributed by atoms with Crippen LogP contribution in [0.1, 0.15) is 36.8 Å². The fourth-order valence-electron chi connectivity index (χ4n) is 2.75. The molecule has 21 heavy (non-hydrogen) atoms. The van der Waals surface area contributed by atoms with Gasteiger partial charge in [0, 0.05) is 41.8 Å². The molecule has 1 fully saturated rings. The molecule has 1 aliphatic heterocycles. The Hall–Kier alpha value is -1.16. The number of carbonyl (C=O) groups excluding carboxylic acids is 1. The Balaban J connectivity index is 1.73. The van der Waals surface area contributed by atoms with E-state index in [9.17, 15) is 9.00 Å². The van der Waals surface area contributed by atoms with Crippen LogP contribution in [-0.4, -0.2) is 39.6 Å². The second-order valence-electron chi connectivity index (χ2n) is 5.92. The van der Waals surface area contributed by atoms with Crippen LogP contribution in [0.5, 0.6) is 0 Å². The van der Waals surface area contributed by atoms with Crippen LogP contribution in [0.25, 0.3) is 0 Å². The third-order valence-electron chi connectivity index (χ3n) is 4.28. The first-order valence-corrected chi connectivity index (χ1v) is 9.21. The third-order valence-corrected chi connectivity index (χ3v) is 5.66. The van der Waals surface area contributed by atoms with E-state index < -0.39 is 10.8 Å². The Kier molecular flexibility index (Phi) is 5.97. The summed E-state index contributed by atoms with van der Waals surface area (Å²) in [7, 11) is 1.24. The second-order valence-corrected chi connectivity index (χ2v) is 7.62. The fraction of sp³-hybridized carbons (Fsp3) is 0.588. The highest BCUT2D eigenvalue weighted by Gasteiger charge is 2.24. The molecule has 1 aromatic rings. The van der Waals surface area contributed by atoms with E-state index in [1.165, 1.54) is 11.1 Å². The van der Waals surface area contributed by atoms with Crippen molar-refractivity contribution in [3.8, 4) is 0 Å². The standard InChI is InChI=1S/C17H25NO2S/c1-14-6-8-15(9-7-14)4-3-5-17(19)18(2)16-10-12-21(20)13-11-16/h6-9,16H,3-5,10-13H2,1-2H3. The number of hydrogen-bond donors (Lipinski definition) is 0. The highest BCUT2D eigenvalue weighted by Crippen LogP contribution is 2.16. The maximum Gasteiger partial charge on any atom is 0.222 e. The van der Waals surface area contributed by atoms with Crippen LogP contribution in [-0.2, 0) is 22.0 Å². The molecule has 1 saturated heterocycles. The first-order valence-electron chi connectivity index (χ1n) is 7.72. The Morgan fingerprint density at radius 3 is 2.48 bits per heavy atom. The van der Waals surface area contributed by atoms with Gasteiger partial charge in [0.1, 0.15) is 0 Å². The van der Waals surface area contributed by atoms with E-state index in [-0.39, 0.29) is 11.9 Å². The van der Waals surface area contributed by atoms with Crippen LogP contribution < -0.4 is 0 Å². The fourth-order valence-corrected chi connectivity index (χ4v) is 4.02. The molecule has 0 N–H and O–H groups in total. The largest absolute Gasteiger partial charge is 0.343 e. The van der Waals surface area contributed by atoms with Crippen molar-refractivity contribution in [1.82, 2.24) is 4.90 Å². The molecule has 0 saturated carbocycles. The van der Waals surface area contributed by atoms with Gasteiger partial charge in [-0.25, -0.2) is 0 Å². The van der Waals surface area contributed by atoms with Crippen LogP contribution in [0.2, 0.25) is 0 Å². The molecule has 3 nitrogen and oxygen atoms in total. The highest BCUT2D eigenvalue weighted by molar-refractivity contribution is 7.85. The molecule has 1 aliphatic rings. The van der Waals surface area contributed by atoms with Crippen molar-refractivity contribution in [2.75, 3.05) is 18.6 Å². The number of nitrogens with zero attached hydrogens (tertiary/aromatic N) is 1. The van der Waals surface area contributed by atoms with Crippen LogP contribution in [0.3, 0.4) is 0 Å². The summed E-state index contributed by atoms with van der Waals surface area (Å²) >= 11 is 0. The Morgan fingerprint density at radius 2 is 1.86 bits per heavy atom. The lowest BCUT2D eigenvalue weighted by Gasteiger charge is -2.31. The lowest BCUT2D eigenvalue weighted by atomic mass is 10.1. The summed E-state index contributed by atoms with van der Waals surface area (Å²) in [6, 6.07) is 8.80.